The van der Waals surface area contributed by atoms with Gasteiger partial charge < -0.3 is 4.90 Å². The summed E-state index contributed by atoms with van der Waals surface area (Å²) in [6.07, 6.45) is 0. The maximum absolute atomic E-state index is 12.4. The molecule has 0 saturated carbocycles. The Hall–Kier alpha value is -1.85. The van der Waals surface area contributed by atoms with Crippen LogP contribution in [-0.2, 0) is 9.84 Å². The fraction of sp³-hybridized carbons (Fsp3) is 0.278. The van der Waals surface area contributed by atoms with Gasteiger partial charge in [-0.25, -0.2) is 8.42 Å². The quantitative estimate of drug-likeness (QED) is 0.837. The minimum Gasteiger partial charge on any atom is -0.336 e. The van der Waals surface area contributed by atoms with Gasteiger partial charge in [-0.1, -0.05) is 42.8 Å². The number of nitrogens with zero attached hydrogens (tertiary/aromatic N) is 1. The molecule has 0 unspecified atom stereocenters. The van der Waals surface area contributed by atoms with Gasteiger partial charge in [0.05, 0.1) is 5.25 Å². The van der Waals surface area contributed by atoms with Crippen molar-refractivity contribution in [3.8, 4) is 11.1 Å². The standard InChI is InChI=1S/C18H18ClNO3S/c1-2-24(22,23)17-11-20(12-17)18(21)14-8-6-13(7-9-14)15-4-3-5-16(19)10-15/h3-10,17H,2,11-12H2,1H3. The van der Waals surface area contributed by atoms with Gasteiger partial charge in [-0.2, -0.15) is 0 Å². The first-order valence-electron chi connectivity index (χ1n) is 7.77. The molecule has 1 amide bonds. The SMILES string of the molecule is CCS(=O)(=O)C1CN(C(=O)c2ccc(-c3cccc(Cl)c3)cc2)C1. The molecule has 1 heterocycles. The Morgan fingerprint density at radius 1 is 1.12 bits per heavy atom. The van der Waals surface area contributed by atoms with E-state index in [1.165, 1.54) is 0 Å². The molecule has 3 rings (SSSR count). The number of carbonyl (C=O) groups excluding carboxylic acids is 1. The highest BCUT2D eigenvalue weighted by Gasteiger charge is 2.38. The minimum atomic E-state index is -3.06. The van der Waals surface area contributed by atoms with Crippen molar-refractivity contribution in [1.82, 2.24) is 4.90 Å². The zero-order valence-corrected chi connectivity index (χ0v) is 14.8. The molecule has 0 bridgehead atoms. The van der Waals surface area contributed by atoms with Crippen LogP contribution in [0.2, 0.25) is 5.02 Å². The number of benzene rings is 2. The molecule has 0 spiro atoms. The van der Waals surface area contributed by atoms with Crippen molar-refractivity contribution in [2.24, 2.45) is 0 Å². The van der Waals surface area contributed by atoms with Crippen LogP contribution in [0.1, 0.15) is 17.3 Å². The van der Waals surface area contributed by atoms with E-state index in [2.05, 4.69) is 0 Å². The van der Waals surface area contributed by atoms with E-state index in [0.29, 0.717) is 10.6 Å². The number of halogens is 1. The summed E-state index contributed by atoms with van der Waals surface area (Å²) in [7, 11) is -3.06. The predicted molar refractivity (Wildman–Crippen MR) is 96.0 cm³/mol. The zero-order valence-electron chi connectivity index (χ0n) is 13.3. The fourth-order valence-electron chi connectivity index (χ4n) is 2.72. The lowest BCUT2D eigenvalue weighted by atomic mass is 10.0. The number of hydrogen-bond acceptors (Lipinski definition) is 3. The van der Waals surface area contributed by atoms with Crippen molar-refractivity contribution >= 4 is 27.3 Å². The van der Waals surface area contributed by atoms with Crippen molar-refractivity contribution in [2.45, 2.75) is 12.2 Å². The summed E-state index contributed by atoms with van der Waals surface area (Å²) in [5.74, 6) is -0.0104. The first kappa shape index (κ1) is 17.0. The highest BCUT2D eigenvalue weighted by atomic mass is 35.5. The Labute approximate surface area is 147 Å². The fourth-order valence-corrected chi connectivity index (χ4v) is 4.20. The van der Waals surface area contributed by atoms with Crippen LogP contribution in [0.4, 0.5) is 0 Å². The number of rotatable bonds is 4. The second-order valence-corrected chi connectivity index (χ2v) is 8.88. The Kier molecular flexibility index (Phi) is 4.65. The van der Waals surface area contributed by atoms with Crippen LogP contribution in [0.15, 0.2) is 48.5 Å². The maximum Gasteiger partial charge on any atom is 0.253 e. The lowest BCUT2D eigenvalue weighted by Gasteiger charge is -2.38. The summed E-state index contributed by atoms with van der Waals surface area (Å²) >= 11 is 6.00. The van der Waals surface area contributed by atoms with Gasteiger partial charge in [-0.05, 0) is 35.4 Å². The van der Waals surface area contributed by atoms with E-state index >= 15 is 0 Å². The molecule has 1 fully saturated rings. The average Bonchev–Trinajstić information content (AvgIpc) is 2.53. The van der Waals surface area contributed by atoms with Gasteiger partial charge in [0.15, 0.2) is 9.84 Å². The van der Waals surface area contributed by atoms with E-state index in [1.807, 2.05) is 36.4 Å². The second-order valence-electron chi connectivity index (χ2n) is 5.87. The number of sulfone groups is 1. The van der Waals surface area contributed by atoms with E-state index in [9.17, 15) is 13.2 Å². The Balaban J connectivity index is 1.70. The summed E-state index contributed by atoms with van der Waals surface area (Å²) in [5, 5.41) is 0.244. The topological polar surface area (TPSA) is 54.5 Å². The molecule has 0 aliphatic carbocycles. The molecule has 1 aliphatic rings. The molecule has 2 aromatic carbocycles. The van der Waals surface area contributed by atoms with Gasteiger partial charge >= 0.3 is 0 Å². The third kappa shape index (κ3) is 3.32. The largest absolute Gasteiger partial charge is 0.336 e. The summed E-state index contributed by atoms with van der Waals surface area (Å²) in [4.78, 5) is 14.0. The summed E-state index contributed by atoms with van der Waals surface area (Å²) in [5.41, 5.74) is 2.52. The number of carbonyl (C=O) groups is 1. The van der Waals surface area contributed by atoms with E-state index in [-0.39, 0.29) is 24.7 Å². The van der Waals surface area contributed by atoms with Crippen LogP contribution in [0.5, 0.6) is 0 Å². The van der Waals surface area contributed by atoms with Crippen LogP contribution in [0, 0.1) is 0 Å². The van der Waals surface area contributed by atoms with Crippen molar-refractivity contribution < 1.29 is 13.2 Å². The van der Waals surface area contributed by atoms with Gasteiger partial charge in [0.25, 0.3) is 5.91 Å². The normalized spacial score (nSPS) is 15.2. The van der Waals surface area contributed by atoms with E-state index in [4.69, 9.17) is 11.6 Å². The smallest absolute Gasteiger partial charge is 0.253 e. The molecule has 0 N–H and O–H groups in total. The van der Waals surface area contributed by atoms with Crippen LogP contribution in [0.3, 0.4) is 0 Å². The monoisotopic (exact) mass is 363 g/mol. The molecule has 0 aromatic heterocycles. The first-order valence-corrected chi connectivity index (χ1v) is 9.87. The average molecular weight is 364 g/mol. The lowest BCUT2D eigenvalue weighted by molar-refractivity contribution is 0.0659. The van der Waals surface area contributed by atoms with E-state index in [0.717, 1.165) is 11.1 Å². The van der Waals surface area contributed by atoms with Crippen LogP contribution in [0.25, 0.3) is 11.1 Å². The zero-order chi connectivity index (χ0) is 17.3. The number of hydrogen-bond donors (Lipinski definition) is 0. The molecule has 2 aromatic rings. The molecule has 1 aliphatic heterocycles. The molecule has 4 nitrogen and oxygen atoms in total. The molecule has 6 heteroatoms. The number of likely N-dealkylation sites (tertiary alicyclic amines) is 1. The maximum atomic E-state index is 12.4. The van der Waals surface area contributed by atoms with Gasteiger partial charge in [0, 0.05) is 29.4 Å². The minimum absolute atomic E-state index is 0.119. The molecular formula is C18H18ClNO3S. The van der Waals surface area contributed by atoms with Crippen molar-refractivity contribution in [2.75, 3.05) is 18.8 Å². The molecule has 24 heavy (non-hydrogen) atoms. The summed E-state index contributed by atoms with van der Waals surface area (Å²) < 4.78 is 23.5. The van der Waals surface area contributed by atoms with Crippen LogP contribution < -0.4 is 0 Å². The molecule has 0 atom stereocenters. The van der Waals surface area contributed by atoms with Crippen molar-refractivity contribution in [1.29, 1.82) is 0 Å². The molecule has 1 saturated heterocycles. The summed E-state index contributed by atoms with van der Waals surface area (Å²) in [6.45, 7) is 2.20. The predicted octanol–water partition coefficient (Wildman–Crippen LogP) is 3.27. The van der Waals surface area contributed by atoms with Gasteiger partial charge in [-0.3, -0.25) is 4.79 Å². The van der Waals surface area contributed by atoms with Crippen LogP contribution >= 0.6 is 11.6 Å². The van der Waals surface area contributed by atoms with Crippen molar-refractivity contribution in [3.63, 3.8) is 0 Å². The molecular weight excluding hydrogens is 346 g/mol. The third-order valence-electron chi connectivity index (χ3n) is 4.34. The van der Waals surface area contributed by atoms with E-state index in [1.54, 1.807) is 24.0 Å². The molecule has 126 valence electrons. The summed E-state index contributed by atoms with van der Waals surface area (Å²) in [6, 6.07) is 14.8. The first-order chi connectivity index (χ1) is 11.4. The van der Waals surface area contributed by atoms with Gasteiger partial charge in [0.1, 0.15) is 0 Å². The second kappa shape index (κ2) is 6.57. The van der Waals surface area contributed by atoms with E-state index < -0.39 is 15.1 Å². The van der Waals surface area contributed by atoms with Crippen LogP contribution in [-0.4, -0.2) is 43.3 Å². The number of amides is 1. The van der Waals surface area contributed by atoms with Crippen molar-refractivity contribution in [3.05, 3.63) is 59.1 Å². The van der Waals surface area contributed by atoms with Gasteiger partial charge in [-0.15, -0.1) is 0 Å². The van der Waals surface area contributed by atoms with Gasteiger partial charge in [0.2, 0.25) is 0 Å². The highest BCUT2D eigenvalue weighted by molar-refractivity contribution is 7.92. The Bertz CT molecular complexity index is 856. The Morgan fingerprint density at radius 2 is 1.79 bits per heavy atom. The Morgan fingerprint density at radius 3 is 2.38 bits per heavy atom. The lowest BCUT2D eigenvalue weighted by Crippen LogP contribution is -2.57. The third-order valence-corrected chi connectivity index (χ3v) is 6.69. The molecule has 0 radical (unpaired) electrons. The highest BCUT2D eigenvalue weighted by Crippen LogP contribution is 2.24.